The normalized spacial score (nSPS) is 20.1. The summed E-state index contributed by atoms with van der Waals surface area (Å²) in [4.78, 5) is 53.8. The van der Waals surface area contributed by atoms with Crippen LogP contribution in [0.15, 0.2) is 48.5 Å². The van der Waals surface area contributed by atoms with Gasteiger partial charge in [-0.2, -0.15) is 0 Å². The van der Waals surface area contributed by atoms with Crippen LogP contribution in [0.1, 0.15) is 24.5 Å². The Bertz CT molecular complexity index is 1200. The van der Waals surface area contributed by atoms with Crippen LogP contribution in [0.2, 0.25) is 0 Å². The van der Waals surface area contributed by atoms with Gasteiger partial charge in [0.15, 0.2) is 0 Å². The van der Waals surface area contributed by atoms with Crippen LogP contribution in [0.25, 0.3) is 0 Å². The Balaban J connectivity index is 1.66. The number of hydrogen-bond acceptors (Lipinski definition) is 5. The van der Waals surface area contributed by atoms with Gasteiger partial charge in [-0.05, 0) is 11.6 Å². The van der Waals surface area contributed by atoms with Gasteiger partial charge in [-0.25, -0.2) is 23.6 Å². The lowest BCUT2D eigenvalue weighted by Gasteiger charge is -2.54. The summed E-state index contributed by atoms with van der Waals surface area (Å²) < 4.78 is 27.8. The highest BCUT2D eigenvalue weighted by Gasteiger charge is 2.51. The van der Waals surface area contributed by atoms with E-state index in [1.54, 1.807) is 6.92 Å². The molecule has 196 valence electrons. The predicted octanol–water partition coefficient (Wildman–Crippen LogP) is 1.77. The first kappa shape index (κ1) is 26.0. The Morgan fingerprint density at radius 3 is 2.49 bits per heavy atom. The third-order valence-corrected chi connectivity index (χ3v) is 6.43. The minimum atomic E-state index is -1.39. The van der Waals surface area contributed by atoms with E-state index >= 15 is 0 Å². The monoisotopic (exact) mass is 515 g/mol. The van der Waals surface area contributed by atoms with E-state index in [4.69, 9.17) is 0 Å². The molecule has 0 saturated carbocycles. The SMILES string of the molecule is CCN1CC(=O)N2[C@@H](CC(=O)O)C(=O)N(Cc3ccc(F)cc3F)C[C@@H]2N1C(=O)NCc1ccccc1. The zero-order valence-corrected chi connectivity index (χ0v) is 20.1. The van der Waals surface area contributed by atoms with Crippen molar-refractivity contribution in [3.8, 4) is 0 Å². The molecule has 0 bridgehead atoms. The van der Waals surface area contributed by atoms with Crippen molar-refractivity contribution < 1.29 is 33.1 Å². The Morgan fingerprint density at radius 2 is 1.84 bits per heavy atom. The molecule has 0 unspecified atom stereocenters. The van der Waals surface area contributed by atoms with Crippen molar-refractivity contribution in [1.82, 2.24) is 25.1 Å². The van der Waals surface area contributed by atoms with Crippen LogP contribution in [0.3, 0.4) is 0 Å². The largest absolute Gasteiger partial charge is 0.481 e. The van der Waals surface area contributed by atoms with Crippen LogP contribution in [0.4, 0.5) is 13.6 Å². The molecule has 2 saturated heterocycles. The van der Waals surface area contributed by atoms with Crippen LogP contribution in [0, 0.1) is 11.6 Å². The summed E-state index contributed by atoms with van der Waals surface area (Å²) in [7, 11) is 0. The number of amides is 4. The number of carboxylic acids is 1. The molecule has 0 radical (unpaired) electrons. The fourth-order valence-electron chi connectivity index (χ4n) is 4.68. The number of urea groups is 1. The molecular formula is C25H27F2N5O5. The molecular weight excluding hydrogens is 488 g/mol. The molecule has 2 aromatic carbocycles. The van der Waals surface area contributed by atoms with E-state index in [0.717, 1.165) is 16.5 Å². The van der Waals surface area contributed by atoms with Crippen molar-refractivity contribution in [3.63, 3.8) is 0 Å². The van der Waals surface area contributed by atoms with Crippen molar-refractivity contribution in [2.45, 2.75) is 38.6 Å². The summed E-state index contributed by atoms with van der Waals surface area (Å²) in [6.07, 6.45) is -1.71. The van der Waals surface area contributed by atoms with Gasteiger partial charge >= 0.3 is 12.0 Å². The van der Waals surface area contributed by atoms with Gasteiger partial charge in [0.25, 0.3) is 0 Å². The van der Waals surface area contributed by atoms with Gasteiger partial charge in [0, 0.05) is 31.3 Å². The van der Waals surface area contributed by atoms with E-state index in [1.807, 2.05) is 30.3 Å². The van der Waals surface area contributed by atoms with E-state index in [0.29, 0.717) is 12.6 Å². The fourth-order valence-corrected chi connectivity index (χ4v) is 4.68. The second-order valence-corrected chi connectivity index (χ2v) is 8.82. The summed E-state index contributed by atoms with van der Waals surface area (Å²) in [5, 5.41) is 15.1. The Labute approximate surface area is 212 Å². The van der Waals surface area contributed by atoms with Crippen molar-refractivity contribution in [2.75, 3.05) is 19.6 Å². The smallest absolute Gasteiger partial charge is 0.334 e. The molecule has 2 atom stereocenters. The van der Waals surface area contributed by atoms with Crippen molar-refractivity contribution in [1.29, 1.82) is 0 Å². The molecule has 2 heterocycles. The molecule has 0 aromatic heterocycles. The second-order valence-electron chi connectivity index (χ2n) is 8.82. The lowest BCUT2D eigenvalue weighted by Crippen LogP contribution is -2.76. The lowest BCUT2D eigenvalue weighted by molar-refractivity contribution is -0.191. The minimum Gasteiger partial charge on any atom is -0.481 e. The number of carbonyl (C=O) groups excluding carboxylic acids is 3. The summed E-state index contributed by atoms with van der Waals surface area (Å²) >= 11 is 0. The Hall–Kier alpha value is -4.06. The van der Waals surface area contributed by atoms with Crippen LogP contribution in [0.5, 0.6) is 0 Å². The number of rotatable bonds is 7. The van der Waals surface area contributed by atoms with E-state index in [2.05, 4.69) is 5.32 Å². The topological polar surface area (TPSA) is 114 Å². The van der Waals surface area contributed by atoms with Crippen LogP contribution < -0.4 is 5.32 Å². The molecule has 12 heteroatoms. The summed E-state index contributed by atoms with van der Waals surface area (Å²) in [6.45, 7) is 1.56. The number of hydrazine groups is 1. The average Bonchev–Trinajstić information content (AvgIpc) is 2.86. The van der Waals surface area contributed by atoms with E-state index in [1.165, 1.54) is 21.0 Å². The van der Waals surface area contributed by atoms with Gasteiger partial charge in [-0.3, -0.25) is 14.4 Å². The first-order chi connectivity index (χ1) is 17.7. The van der Waals surface area contributed by atoms with E-state index in [9.17, 15) is 33.1 Å². The predicted molar refractivity (Wildman–Crippen MR) is 126 cm³/mol. The van der Waals surface area contributed by atoms with E-state index in [-0.39, 0.29) is 31.7 Å². The third kappa shape index (κ3) is 5.53. The Morgan fingerprint density at radius 1 is 1.11 bits per heavy atom. The number of fused-ring (bicyclic) bond motifs is 1. The number of piperazine rings is 1. The molecule has 2 fully saturated rings. The number of likely N-dealkylation sites (N-methyl/N-ethyl adjacent to an activating group) is 1. The summed E-state index contributed by atoms with van der Waals surface area (Å²) in [6, 6.07) is 10.2. The Kier molecular flexibility index (Phi) is 7.67. The summed E-state index contributed by atoms with van der Waals surface area (Å²) in [5.74, 6) is -4.13. The zero-order valence-electron chi connectivity index (χ0n) is 20.1. The van der Waals surface area contributed by atoms with Gasteiger partial charge < -0.3 is 20.2 Å². The van der Waals surface area contributed by atoms with Gasteiger partial charge in [0.2, 0.25) is 11.8 Å². The highest BCUT2D eigenvalue weighted by molar-refractivity contribution is 5.93. The standard InChI is InChI=1S/C25H27F2N5O5/c1-2-30-15-22(33)31-20(11-23(34)35)24(36)29(13-17-8-9-18(26)10-19(17)27)14-21(31)32(30)25(37)28-12-16-6-4-3-5-7-16/h3-10,20-21H,2,11-15H2,1H3,(H,28,37)(H,34,35)/t20-,21-/m0/s1. The molecule has 10 nitrogen and oxygen atoms in total. The molecule has 37 heavy (non-hydrogen) atoms. The first-order valence-electron chi connectivity index (χ1n) is 11.8. The molecule has 4 rings (SSSR count). The minimum absolute atomic E-state index is 0.0202. The van der Waals surface area contributed by atoms with Gasteiger partial charge in [-0.15, -0.1) is 0 Å². The zero-order chi connectivity index (χ0) is 26.7. The number of nitrogens with one attached hydrogen (secondary N) is 1. The number of aliphatic carboxylic acids is 1. The van der Waals surface area contributed by atoms with Crippen molar-refractivity contribution in [3.05, 3.63) is 71.3 Å². The number of nitrogens with zero attached hydrogens (tertiary/aromatic N) is 4. The molecule has 4 amide bonds. The molecule has 2 aliphatic heterocycles. The molecule has 2 N–H and O–H groups in total. The van der Waals surface area contributed by atoms with Gasteiger partial charge in [-0.1, -0.05) is 43.3 Å². The molecule has 0 aliphatic carbocycles. The first-order valence-corrected chi connectivity index (χ1v) is 11.8. The second kappa shape index (κ2) is 10.9. The number of carbonyl (C=O) groups is 4. The quantitative estimate of drug-likeness (QED) is 0.581. The van der Waals surface area contributed by atoms with Crippen molar-refractivity contribution >= 4 is 23.8 Å². The van der Waals surface area contributed by atoms with Crippen LogP contribution >= 0.6 is 0 Å². The molecule has 2 aliphatic rings. The number of halogens is 2. The van der Waals surface area contributed by atoms with E-state index < -0.39 is 54.1 Å². The number of carboxylic acid groups (broad SMARTS) is 1. The number of hydrogen-bond donors (Lipinski definition) is 2. The van der Waals surface area contributed by atoms with Crippen molar-refractivity contribution in [2.24, 2.45) is 0 Å². The lowest BCUT2D eigenvalue weighted by atomic mass is 10.0. The highest BCUT2D eigenvalue weighted by Crippen LogP contribution is 2.29. The van der Waals surface area contributed by atoms with Gasteiger partial charge in [0.05, 0.1) is 19.5 Å². The van der Waals surface area contributed by atoms with Crippen LogP contribution in [-0.2, 0) is 27.5 Å². The maximum absolute atomic E-state index is 14.4. The number of benzene rings is 2. The third-order valence-electron chi connectivity index (χ3n) is 6.43. The van der Waals surface area contributed by atoms with Crippen LogP contribution in [-0.4, -0.2) is 80.6 Å². The molecule has 2 aromatic rings. The summed E-state index contributed by atoms with van der Waals surface area (Å²) in [5.41, 5.74) is 0.867. The van der Waals surface area contributed by atoms with Gasteiger partial charge in [0.1, 0.15) is 23.8 Å². The highest BCUT2D eigenvalue weighted by atomic mass is 19.1. The maximum atomic E-state index is 14.4. The maximum Gasteiger partial charge on any atom is 0.334 e. The average molecular weight is 516 g/mol. The molecule has 0 spiro atoms. The fraction of sp³-hybridized carbons (Fsp3) is 0.360.